The molecule has 1 saturated heterocycles. The summed E-state index contributed by atoms with van der Waals surface area (Å²) in [5.74, 6) is -1.30. The van der Waals surface area contributed by atoms with Crippen LogP contribution in [0.15, 0.2) is 41.4 Å². The number of hydrogen-bond donors (Lipinski definition) is 1. The number of imide groups is 1. The lowest BCUT2D eigenvalue weighted by Gasteiger charge is -2.15. The van der Waals surface area contributed by atoms with Gasteiger partial charge in [-0.05, 0) is 43.3 Å². The van der Waals surface area contributed by atoms with Crippen molar-refractivity contribution in [3.8, 4) is 6.07 Å². The van der Waals surface area contributed by atoms with Gasteiger partial charge in [-0.25, -0.2) is 9.88 Å². The van der Waals surface area contributed by atoms with Crippen LogP contribution in [-0.4, -0.2) is 28.0 Å². The van der Waals surface area contributed by atoms with Gasteiger partial charge < -0.3 is 5.73 Å². The number of thioether (sulfide) groups is 1. The summed E-state index contributed by atoms with van der Waals surface area (Å²) >= 11 is 1.12. The third kappa shape index (κ3) is 3.30. The molecule has 3 rings (SSSR count). The SMILES string of the molecule is Cc1ccc(C#N)c(SC2CC(=O)N(c3ccc(C(N)=O)cc3)C2=O)n1. The van der Waals surface area contributed by atoms with E-state index in [4.69, 9.17) is 5.73 Å². The average Bonchev–Trinajstić information content (AvgIpc) is 2.89. The van der Waals surface area contributed by atoms with E-state index in [0.29, 0.717) is 21.8 Å². The van der Waals surface area contributed by atoms with Crippen LogP contribution in [-0.2, 0) is 9.59 Å². The van der Waals surface area contributed by atoms with E-state index in [1.807, 2.05) is 6.07 Å². The summed E-state index contributed by atoms with van der Waals surface area (Å²) < 4.78 is 0. The number of aryl methyl sites for hydroxylation is 1. The molecule has 0 saturated carbocycles. The molecular formula is C18H14N4O3S. The fourth-order valence-electron chi connectivity index (χ4n) is 2.58. The van der Waals surface area contributed by atoms with Crippen LogP contribution >= 0.6 is 11.8 Å². The zero-order valence-electron chi connectivity index (χ0n) is 13.8. The number of aromatic nitrogens is 1. The fourth-order valence-corrected chi connectivity index (χ4v) is 3.72. The van der Waals surface area contributed by atoms with Gasteiger partial charge in [0.2, 0.25) is 17.7 Å². The maximum absolute atomic E-state index is 12.7. The Hall–Kier alpha value is -3.18. The molecule has 1 aromatic carbocycles. The molecule has 26 heavy (non-hydrogen) atoms. The first-order chi connectivity index (χ1) is 12.4. The minimum atomic E-state index is -0.653. The highest BCUT2D eigenvalue weighted by molar-refractivity contribution is 8.00. The van der Waals surface area contributed by atoms with Gasteiger partial charge in [0.15, 0.2) is 0 Å². The zero-order chi connectivity index (χ0) is 18.8. The van der Waals surface area contributed by atoms with Gasteiger partial charge in [-0.3, -0.25) is 14.4 Å². The van der Waals surface area contributed by atoms with E-state index < -0.39 is 11.2 Å². The van der Waals surface area contributed by atoms with Crippen LogP contribution < -0.4 is 10.6 Å². The number of pyridine rings is 1. The molecule has 0 spiro atoms. The lowest BCUT2D eigenvalue weighted by Crippen LogP contribution is -2.31. The smallest absolute Gasteiger partial charge is 0.248 e. The predicted octanol–water partition coefficient (Wildman–Crippen LogP) is 1.78. The monoisotopic (exact) mass is 366 g/mol. The second kappa shape index (κ2) is 6.98. The zero-order valence-corrected chi connectivity index (χ0v) is 14.6. The second-order valence-corrected chi connectivity index (χ2v) is 6.90. The van der Waals surface area contributed by atoms with Gasteiger partial charge in [0.05, 0.1) is 16.5 Å². The topological polar surface area (TPSA) is 117 Å². The minimum absolute atomic E-state index is 0.0154. The van der Waals surface area contributed by atoms with Crippen molar-refractivity contribution in [3.05, 3.63) is 53.2 Å². The maximum atomic E-state index is 12.7. The Morgan fingerprint density at radius 1 is 1.27 bits per heavy atom. The molecule has 0 radical (unpaired) electrons. The first kappa shape index (κ1) is 17.6. The van der Waals surface area contributed by atoms with Crippen molar-refractivity contribution >= 4 is 35.2 Å². The molecule has 1 aliphatic heterocycles. The normalized spacial score (nSPS) is 16.6. The highest BCUT2D eigenvalue weighted by Crippen LogP contribution is 2.34. The molecule has 2 N–H and O–H groups in total. The second-order valence-electron chi connectivity index (χ2n) is 5.71. The Bertz CT molecular complexity index is 950. The Balaban J connectivity index is 1.84. The van der Waals surface area contributed by atoms with E-state index in [1.54, 1.807) is 19.1 Å². The van der Waals surface area contributed by atoms with Gasteiger partial charge in [0.1, 0.15) is 11.1 Å². The molecule has 1 unspecified atom stereocenters. The lowest BCUT2D eigenvalue weighted by atomic mass is 10.2. The molecule has 2 aromatic rings. The van der Waals surface area contributed by atoms with Crippen LogP contribution in [0.2, 0.25) is 0 Å². The third-order valence-electron chi connectivity index (χ3n) is 3.89. The molecule has 1 aromatic heterocycles. The van der Waals surface area contributed by atoms with E-state index in [9.17, 15) is 19.6 Å². The van der Waals surface area contributed by atoms with Gasteiger partial charge in [0, 0.05) is 17.7 Å². The number of carbonyl (C=O) groups excluding carboxylic acids is 3. The van der Waals surface area contributed by atoms with E-state index >= 15 is 0 Å². The molecule has 1 aliphatic rings. The van der Waals surface area contributed by atoms with Crippen molar-refractivity contribution in [1.29, 1.82) is 5.26 Å². The van der Waals surface area contributed by atoms with Gasteiger partial charge in [-0.2, -0.15) is 5.26 Å². The molecule has 8 heteroatoms. The van der Waals surface area contributed by atoms with Gasteiger partial charge in [0.25, 0.3) is 0 Å². The minimum Gasteiger partial charge on any atom is -0.366 e. The van der Waals surface area contributed by atoms with Gasteiger partial charge in [-0.1, -0.05) is 11.8 Å². The van der Waals surface area contributed by atoms with Crippen LogP contribution in [0.1, 0.15) is 28.0 Å². The number of amides is 3. The largest absolute Gasteiger partial charge is 0.366 e. The summed E-state index contributed by atoms with van der Waals surface area (Å²) in [7, 11) is 0. The number of hydrogen-bond acceptors (Lipinski definition) is 6. The number of carbonyl (C=O) groups is 3. The molecule has 2 heterocycles. The molecule has 0 aliphatic carbocycles. The van der Waals surface area contributed by atoms with Crippen LogP contribution in [0.3, 0.4) is 0 Å². The standard InChI is InChI=1S/C18H14N4O3S/c1-10-2-3-12(9-19)17(21-10)26-14-8-15(23)22(18(14)25)13-6-4-11(5-7-13)16(20)24/h2-7,14H,8H2,1H3,(H2,20,24). The van der Waals surface area contributed by atoms with E-state index in [2.05, 4.69) is 4.98 Å². The van der Waals surface area contributed by atoms with E-state index in [-0.39, 0.29) is 18.2 Å². The quantitative estimate of drug-likeness (QED) is 0.824. The molecular weight excluding hydrogens is 352 g/mol. The van der Waals surface area contributed by atoms with Crippen molar-refractivity contribution in [1.82, 2.24) is 4.98 Å². The highest BCUT2D eigenvalue weighted by atomic mass is 32.2. The van der Waals surface area contributed by atoms with Gasteiger partial charge in [-0.15, -0.1) is 0 Å². The number of anilines is 1. The fraction of sp³-hybridized carbons (Fsp3) is 0.167. The summed E-state index contributed by atoms with van der Waals surface area (Å²) in [5.41, 5.74) is 6.96. The maximum Gasteiger partial charge on any atom is 0.248 e. The number of nitrogens with zero attached hydrogens (tertiary/aromatic N) is 3. The first-order valence-electron chi connectivity index (χ1n) is 7.72. The number of rotatable bonds is 4. The molecule has 1 atom stereocenters. The predicted molar refractivity (Wildman–Crippen MR) is 95.4 cm³/mol. The molecule has 7 nitrogen and oxygen atoms in total. The first-order valence-corrected chi connectivity index (χ1v) is 8.59. The summed E-state index contributed by atoms with van der Waals surface area (Å²) in [6, 6.07) is 11.4. The van der Waals surface area contributed by atoms with Crippen LogP contribution in [0.4, 0.5) is 5.69 Å². The van der Waals surface area contributed by atoms with E-state index in [0.717, 1.165) is 22.4 Å². The van der Waals surface area contributed by atoms with Crippen molar-refractivity contribution in [2.75, 3.05) is 4.90 Å². The Labute approximate surface area is 153 Å². The van der Waals surface area contributed by atoms with E-state index in [1.165, 1.54) is 24.3 Å². The number of nitrogens with two attached hydrogens (primary N) is 1. The number of primary amides is 1. The highest BCUT2D eigenvalue weighted by Gasteiger charge is 2.40. The molecule has 0 bridgehead atoms. The van der Waals surface area contributed by atoms with Crippen LogP contribution in [0.5, 0.6) is 0 Å². The van der Waals surface area contributed by atoms with Crippen LogP contribution in [0, 0.1) is 18.3 Å². The third-order valence-corrected chi connectivity index (χ3v) is 5.08. The average molecular weight is 366 g/mol. The lowest BCUT2D eigenvalue weighted by molar-refractivity contribution is -0.121. The number of nitriles is 1. The van der Waals surface area contributed by atoms with Crippen LogP contribution in [0.25, 0.3) is 0 Å². The summed E-state index contributed by atoms with van der Waals surface area (Å²) in [6.45, 7) is 1.79. The molecule has 1 fully saturated rings. The van der Waals surface area contributed by atoms with Crippen molar-refractivity contribution in [2.24, 2.45) is 5.73 Å². The van der Waals surface area contributed by atoms with Crippen molar-refractivity contribution < 1.29 is 14.4 Å². The Morgan fingerprint density at radius 3 is 2.58 bits per heavy atom. The van der Waals surface area contributed by atoms with Gasteiger partial charge >= 0.3 is 0 Å². The summed E-state index contributed by atoms with van der Waals surface area (Å²) in [5, 5.41) is 8.98. The number of benzene rings is 1. The summed E-state index contributed by atoms with van der Waals surface area (Å²) in [6.07, 6.45) is 0.0154. The van der Waals surface area contributed by atoms with Crippen molar-refractivity contribution in [3.63, 3.8) is 0 Å². The van der Waals surface area contributed by atoms with Crippen molar-refractivity contribution in [2.45, 2.75) is 23.6 Å². The Kier molecular flexibility index (Phi) is 4.73. The molecule has 130 valence electrons. The summed E-state index contributed by atoms with van der Waals surface area (Å²) in [4.78, 5) is 41.6. The Morgan fingerprint density at radius 2 is 1.96 bits per heavy atom. The molecule has 3 amide bonds.